The summed E-state index contributed by atoms with van der Waals surface area (Å²) in [6.07, 6.45) is 9.02. The van der Waals surface area contributed by atoms with Crippen molar-refractivity contribution in [3.05, 3.63) is 22.8 Å². The van der Waals surface area contributed by atoms with Crippen molar-refractivity contribution in [2.24, 2.45) is 0 Å². The number of aryl methyl sites for hydroxylation is 2. The summed E-state index contributed by atoms with van der Waals surface area (Å²) in [7, 11) is 1.99. The maximum Gasteiger partial charge on any atom is 0.131 e. The van der Waals surface area contributed by atoms with Crippen LogP contribution in [-0.2, 0) is 6.42 Å². The molecule has 3 heteroatoms. The van der Waals surface area contributed by atoms with Gasteiger partial charge in [0.1, 0.15) is 5.82 Å². The molecule has 2 rings (SSSR count). The summed E-state index contributed by atoms with van der Waals surface area (Å²) in [6, 6.07) is 0. The first-order valence-corrected chi connectivity index (χ1v) is 7.71. The zero-order chi connectivity index (χ0) is 13.7. The Labute approximate surface area is 117 Å². The summed E-state index contributed by atoms with van der Waals surface area (Å²) in [6.45, 7) is 5.27. The highest BCUT2D eigenvalue weighted by Gasteiger charge is 2.19. The third-order valence-electron chi connectivity index (χ3n) is 4.28. The molecule has 1 N–H and O–H groups in total. The third kappa shape index (κ3) is 3.75. The van der Waals surface area contributed by atoms with Gasteiger partial charge in [-0.05, 0) is 52.3 Å². The van der Waals surface area contributed by atoms with Gasteiger partial charge < -0.3 is 5.32 Å². The van der Waals surface area contributed by atoms with Crippen molar-refractivity contribution >= 4 is 0 Å². The Balaban J connectivity index is 2.18. The molecule has 0 saturated heterocycles. The van der Waals surface area contributed by atoms with E-state index in [1.807, 2.05) is 7.05 Å². The average molecular weight is 261 g/mol. The Kier molecular flexibility index (Phi) is 5.32. The van der Waals surface area contributed by atoms with Crippen LogP contribution in [0.5, 0.6) is 0 Å². The summed E-state index contributed by atoms with van der Waals surface area (Å²) in [5, 5.41) is 3.20. The largest absolute Gasteiger partial charge is 0.319 e. The Hall–Kier alpha value is -0.960. The molecule has 1 aromatic rings. The quantitative estimate of drug-likeness (QED) is 0.845. The van der Waals surface area contributed by atoms with Gasteiger partial charge in [-0.15, -0.1) is 0 Å². The molecular weight excluding hydrogens is 234 g/mol. The van der Waals surface area contributed by atoms with Crippen LogP contribution in [0.15, 0.2) is 0 Å². The van der Waals surface area contributed by atoms with Crippen molar-refractivity contribution in [1.82, 2.24) is 15.3 Å². The maximum absolute atomic E-state index is 4.81. The van der Waals surface area contributed by atoms with Gasteiger partial charge in [0, 0.05) is 17.3 Å². The van der Waals surface area contributed by atoms with E-state index in [1.165, 1.54) is 55.5 Å². The Morgan fingerprint density at radius 3 is 2.11 bits per heavy atom. The van der Waals surface area contributed by atoms with Gasteiger partial charge in [-0.1, -0.05) is 25.7 Å². The van der Waals surface area contributed by atoms with Gasteiger partial charge in [0.2, 0.25) is 0 Å². The lowest BCUT2D eigenvalue weighted by Gasteiger charge is -2.16. The van der Waals surface area contributed by atoms with Gasteiger partial charge in [-0.3, -0.25) is 0 Å². The number of hydrogen-bond donors (Lipinski definition) is 1. The van der Waals surface area contributed by atoms with E-state index in [4.69, 9.17) is 9.97 Å². The predicted octanol–water partition coefficient (Wildman–Crippen LogP) is 3.29. The van der Waals surface area contributed by atoms with Gasteiger partial charge in [-0.2, -0.15) is 0 Å². The molecule has 19 heavy (non-hydrogen) atoms. The molecule has 0 aromatic carbocycles. The molecule has 0 amide bonds. The number of rotatable bonds is 4. The van der Waals surface area contributed by atoms with E-state index in [2.05, 4.69) is 19.2 Å². The Bertz CT molecular complexity index is 383. The van der Waals surface area contributed by atoms with Crippen LogP contribution >= 0.6 is 0 Å². The molecule has 106 valence electrons. The molecule has 3 nitrogen and oxygen atoms in total. The minimum Gasteiger partial charge on any atom is -0.319 e. The van der Waals surface area contributed by atoms with E-state index in [-0.39, 0.29) is 0 Å². The number of nitrogens with one attached hydrogen (secondary N) is 1. The zero-order valence-corrected chi connectivity index (χ0v) is 12.6. The Morgan fingerprint density at radius 1 is 1.00 bits per heavy atom. The van der Waals surface area contributed by atoms with E-state index in [1.54, 1.807) is 0 Å². The predicted molar refractivity (Wildman–Crippen MR) is 79.6 cm³/mol. The highest BCUT2D eigenvalue weighted by atomic mass is 14.9. The average Bonchev–Trinajstić information content (AvgIpc) is 2.66. The number of nitrogens with zero attached hydrogens (tertiary/aromatic N) is 2. The fourth-order valence-corrected chi connectivity index (χ4v) is 3.10. The molecule has 1 heterocycles. The fraction of sp³-hybridized carbons (Fsp3) is 0.750. The second-order valence-corrected chi connectivity index (χ2v) is 5.77. The third-order valence-corrected chi connectivity index (χ3v) is 4.28. The molecule has 1 aromatic heterocycles. The van der Waals surface area contributed by atoms with Gasteiger partial charge in [0.25, 0.3) is 0 Å². The van der Waals surface area contributed by atoms with Gasteiger partial charge in [-0.25, -0.2) is 9.97 Å². The molecule has 0 unspecified atom stereocenters. The summed E-state index contributed by atoms with van der Waals surface area (Å²) in [5.41, 5.74) is 3.69. The fourth-order valence-electron chi connectivity index (χ4n) is 3.10. The van der Waals surface area contributed by atoms with Crippen LogP contribution in [0.4, 0.5) is 0 Å². The van der Waals surface area contributed by atoms with Crippen LogP contribution in [0.3, 0.4) is 0 Å². The van der Waals surface area contributed by atoms with Crippen molar-refractivity contribution in [1.29, 1.82) is 0 Å². The van der Waals surface area contributed by atoms with E-state index in [9.17, 15) is 0 Å². The van der Waals surface area contributed by atoms with Gasteiger partial charge in [0.15, 0.2) is 0 Å². The highest BCUT2D eigenvalue weighted by molar-refractivity contribution is 5.25. The summed E-state index contributed by atoms with van der Waals surface area (Å²) in [4.78, 5) is 9.63. The number of likely N-dealkylation sites (N-methyl/N-ethyl adjacent to an activating group) is 1. The van der Waals surface area contributed by atoms with Crippen molar-refractivity contribution in [2.75, 3.05) is 13.6 Å². The van der Waals surface area contributed by atoms with Gasteiger partial charge >= 0.3 is 0 Å². The monoisotopic (exact) mass is 261 g/mol. The summed E-state index contributed by atoms with van der Waals surface area (Å²) >= 11 is 0. The minimum absolute atomic E-state index is 0.596. The van der Waals surface area contributed by atoms with E-state index in [0.717, 1.165) is 18.8 Å². The van der Waals surface area contributed by atoms with Crippen molar-refractivity contribution < 1.29 is 0 Å². The standard InChI is InChI=1S/C16H27N3/c1-12-15(10-11-17-3)13(2)19-16(18-12)14-8-6-4-5-7-9-14/h14,17H,4-11H2,1-3H3. The molecule has 0 atom stereocenters. The van der Waals surface area contributed by atoms with Crippen molar-refractivity contribution in [2.45, 2.75) is 64.7 Å². The topological polar surface area (TPSA) is 37.8 Å². The Morgan fingerprint density at radius 2 is 1.58 bits per heavy atom. The lowest BCUT2D eigenvalue weighted by molar-refractivity contribution is 0.555. The first-order valence-electron chi connectivity index (χ1n) is 7.71. The van der Waals surface area contributed by atoms with Crippen LogP contribution in [0.2, 0.25) is 0 Å². The second-order valence-electron chi connectivity index (χ2n) is 5.77. The van der Waals surface area contributed by atoms with Crippen molar-refractivity contribution in [3.63, 3.8) is 0 Å². The van der Waals surface area contributed by atoms with Crippen LogP contribution < -0.4 is 5.32 Å². The number of hydrogen-bond acceptors (Lipinski definition) is 3. The van der Waals surface area contributed by atoms with Crippen LogP contribution in [0.25, 0.3) is 0 Å². The molecule has 0 spiro atoms. The van der Waals surface area contributed by atoms with Gasteiger partial charge in [0.05, 0.1) is 0 Å². The lowest BCUT2D eigenvalue weighted by Crippen LogP contribution is -2.15. The zero-order valence-electron chi connectivity index (χ0n) is 12.6. The van der Waals surface area contributed by atoms with E-state index < -0.39 is 0 Å². The molecule has 0 bridgehead atoms. The van der Waals surface area contributed by atoms with Crippen molar-refractivity contribution in [3.8, 4) is 0 Å². The molecule has 1 saturated carbocycles. The highest BCUT2D eigenvalue weighted by Crippen LogP contribution is 2.30. The summed E-state index contributed by atoms with van der Waals surface area (Å²) in [5.74, 6) is 1.70. The van der Waals surface area contributed by atoms with Crippen LogP contribution in [0, 0.1) is 13.8 Å². The first-order chi connectivity index (χ1) is 9.22. The van der Waals surface area contributed by atoms with E-state index >= 15 is 0 Å². The molecular formula is C16H27N3. The molecule has 1 aliphatic carbocycles. The SMILES string of the molecule is CNCCc1c(C)nc(C2CCCCCC2)nc1C. The lowest BCUT2D eigenvalue weighted by atomic mass is 9.98. The molecule has 1 aliphatic rings. The summed E-state index contributed by atoms with van der Waals surface area (Å²) < 4.78 is 0. The minimum atomic E-state index is 0.596. The van der Waals surface area contributed by atoms with E-state index in [0.29, 0.717) is 5.92 Å². The maximum atomic E-state index is 4.81. The first kappa shape index (κ1) is 14.4. The molecule has 1 fully saturated rings. The second kappa shape index (κ2) is 6.99. The molecule has 0 radical (unpaired) electrons. The van der Waals surface area contributed by atoms with Crippen LogP contribution in [0.1, 0.15) is 67.2 Å². The van der Waals surface area contributed by atoms with Crippen LogP contribution in [-0.4, -0.2) is 23.6 Å². The number of aromatic nitrogens is 2. The smallest absolute Gasteiger partial charge is 0.131 e. The molecule has 0 aliphatic heterocycles. The normalized spacial score (nSPS) is 17.4.